The number of thioether (sulfide) groups is 1. The van der Waals surface area contributed by atoms with Crippen molar-refractivity contribution in [2.24, 2.45) is 0 Å². The van der Waals surface area contributed by atoms with Gasteiger partial charge < -0.3 is 11.1 Å². The van der Waals surface area contributed by atoms with Crippen molar-refractivity contribution < 1.29 is 17.6 Å². The van der Waals surface area contributed by atoms with E-state index < -0.39 is 21.6 Å². The van der Waals surface area contributed by atoms with Crippen molar-refractivity contribution in [1.29, 1.82) is 0 Å². The maximum absolute atomic E-state index is 13.0. The summed E-state index contributed by atoms with van der Waals surface area (Å²) < 4.78 is 38.1. The summed E-state index contributed by atoms with van der Waals surface area (Å²) in [5, 5.41) is 4.39. The summed E-state index contributed by atoms with van der Waals surface area (Å²) in [6.07, 6.45) is 1.12. The van der Waals surface area contributed by atoms with Gasteiger partial charge in [0.1, 0.15) is 20.7 Å². The summed E-state index contributed by atoms with van der Waals surface area (Å²) in [4.78, 5) is 19.8. The molecule has 0 aliphatic rings. The number of thiophene rings is 1. The molecule has 2 heterocycles. The number of nitrogens with one attached hydrogen (secondary N) is 1. The number of aromatic nitrogens is 2. The average Bonchev–Trinajstić information content (AvgIpc) is 3.18. The zero-order chi connectivity index (χ0) is 20.3. The maximum atomic E-state index is 13.0. The molecule has 0 saturated heterocycles. The second-order valence-electron chi connectivity index (χ2n) is 5.30. The molecule has 7 nitrogen and oxygen atoms in total. The number of nitrogens with two attached hydrogens (primary N) is 1. The highest BCUT2D eigenvalue weighted by Crippen LogP contribution is 2.28. The first-order valence-electron chi connectivity index (χ1n) is 7.56. The van der Waals surface area contributed by atoms with Gasteiger partial charge in [-0.2, -0.15) is 0 Å². The van der Waals surface area contributed by atoms with Crippen LogP contribution in [0.3, 0.4) is 0 Å². The van der Waals surface area contributed by atoms with E-state index in [-0.39, 0.29) is 36.5 Å². The van der Waals surface area contributed by atoms with Gasteiger partial charge in [0.15, 0.2) is 5.16 Å². The number of amides is 1. The third-order valence-corrected chi connectivity index (χ3v) is 7.69. The molecule has 0 spiro atoms. The van der Waals surface area contributed by atoms with Crippen LogP contribution in [0.4, 0.5) is 15.9 Å². The fourth-order valence-electron chi connectivity index (χ4n) is 2.08. The molecule has 0 atom stereocenters. The number of hydrogen-bond donors (Lipinski definition) is 2. The molecule has 1 amide bonds. The van der Waals surface area contributed by atoms with Crippen molar-refractivity contribution in [1.82, 2.24) is 9.97 Å². The molecule has 3 N–H and O–H groups in total. The summed E-state index contributed by atoms with van der Waals surface area (Å²) in [6.45, 7) is 0. The van der Waals surface area contributed by atoms with E-state index in [1.807, 2.05) is 0 Å². The number of nitrogen functional groups attached to an aromatic ring is 1. The lowest BCUT2D eigenvalue weighted by molar-refractivity contribution is -0.113. The minimum atomic E-state index is -3.79. The highest BCUT2D eigenvalue weighted by molar-refractivity contribution is 7.99. The molecular weight excluding hydrogens is 447 g/mol. The molecule has 0 radical (unpaired) electrons. The predicted octanol–water partition coefficient (Wildman–Crippen LogP) is 3.48. The number of carbonyl (C=O) groups excluding carboxylic acids is 1. The van der Waals surface area contributed by atoms with Gasteiger partial charge in [0.05, 0.1) is 22.7 Å². The van der Waals surface area contributed by atoms with Gasteiger partial charge in [-0.1, -0.05) is 29.4 Å². The molecule has 0 fully saturated rings. The van der Waals surface area contributed by atoms with Crippen LogP contribution in [0.2, 0.25) is 5.02 Å². The Bertz CT molecular complexity index is 1120. The van der Waals surface area contributed by atoms with Crippen LogP contribution in [0.25, 0.3) is 0 Å². The summed E-state index contributed by atoms with van der Waals surface area (Å²) in [7, 11) is -3.79. The van der Waals surface area contributed by atoms with E-state index in [1.54, 1.807) is 11.4 Å². The molecule has 0 saturated carbocycles. The lowest BCUT2D eigenvalue weighted by atomic mass is 10.3. The normalized spacial score (nSPS) is 11.4. The molecule has 0 aliphatic heterocycles. The Morgan fingerprint density at radius 2 is 2.14 bits per heavy atom. The first-order valence-corrected chi connectivity index (χ1v) is 11.3. The van der Waals surface area contributed by atoms with Crippen molar-refractivity contribution in [2.45, 2.75) is 14.3 Å². The Hall–Kier alpha value is -2.21. The molecule has 3 rings (SSSR count). The third-order valence-electron chi connectivity index (χ3n) is 3.35. The van der Waals surface area contributed by atoms with Crippen molar-refractivity contribution in [2.75, 3.05) is 16.8 Å². The molecule has 2 aromatic heterocycles. The SMILES string of the molecule is Nc1nc(SCC(=O)Nc2ccc(F)cc2Cl)ncc1S(=O)(=O)c1cccs1. The summed E-state index contributed by atoms with van der Waals surface area (Å²) in [5.41, 5.74) is 6.05. The van der Waals surface area contributed by atoms with Crippen LogP contribution in [-0.2, 0) is 14.6 Å². The number of nitrogens with zero attached hydrogens (tertiary/aromatic N) is 2. The number of rotatable bonds is 6. The van der Waals surface area contributed by atoms with Crippen molar-refractivity contribution in [3.63, 3.8) is 0 Å². The van der Waals surface area contributed by atoms with Crippen LogP contribution in [0.5, 0.6) is 0 Å². The van der Waals surface area contributed by atoms with Gasteiger partial charge >= 0.3 is 0 Å². The standard InChI is InChI=1S/C16H12ClFN4O3S3/c17-10-6-9(18)3-4-11(10)21-13(23)8-27-16-20-7-12(15(19)22-16)28(24,25)14-2-1-5-26-14/h1-7H,8H2,(H,21,23)(H2,19,20,22). The number of hydrogen-bond acceptors (Lipinski definition) is 8. The number of sulfone groups is 1. The number of carbonyl (C=O) groups is 1. The first kappa shape index (κ1) is 20.5. The van der Waals surface area contributed by atoms with E-state index in [4.69, 9.17) is 17.3 Å². The van der Waals surface area contributed by atoms with Crippen LogP contribution in [0, 0.1) is 5.82 Å². The summed E-state index contributed by atoms with van der Waals surface area (Å²) >= 11 is 7.88. The summed E-state index contributed by atoms with van der Waals surface area (Å²) in [5.74, 6) is -1.22. The van der Waals surface area contributed by atoms with E-state index in [9.17, 15) is 17.6 Å². The predicted molar refractivity (Wildman–Crippen MR) is 107 cm³/mol. The van der Waals surface area contributed by atoms with Gasteiger partial charge in [-0.15, -0.1) is 11.3 Å². The van der Waals surface area contributed by atoms with Gasteiger partial charge in [0, 0.05) is 0 Å². The lowest BCUT2D eigenvalue weighted by Crippen LogP contribution is -2.15. The van der Waals surface area contributed by atoms with Crippen molar-refractivity contribution in [3.05, 3.63) is 52.7 Å². The zero-order valence-electron chi connectivity index (χ0n) is 13.9. The fourth-order valence-corrected chi connectivity index (χ4v) is 5.29. The van der Waals surface area contributed by atoms with Crippen LogP contribution in [0.1, 0.15) is 0 Å². The molecule has 12 heteroatoms. The Morgan fingerprint density at radius 1 is 1.36 bits per heavy atom. The summed E-state index contributed by atoms with van der Waals surface area (Å²) in [6, 6.07) is 6.68. The number of benzene rings is 1. The molecule has 0 aliphatic carbocycles. The second-order valence-corrected chi connectivity index (χ2v) is 9.74. The van der Waals surface area contributed by atoms with Gasteiger partial charge in [0.2, 0.25) is 15.7 Å². The maximum Gasteiger partial charge on any atom is 0.234 e. The van der Waals surface area contributed by atoms with Crippen LogP contribution in [0.15, 0.2) is 56.2 Å². The Labute approximate surface area is 173 Å². The van der Waals surface area contributed by atoms with Crippen LogP contribution in [-0.4, -0.2) is 30.0 Å². The second kappa shape index (κ2) is 8.43. The third kappa shape index (κ3) is 4.61. The van der Waals surface area contributed by atoms with E-state index >= 15 is 0 Å². The molecule has 1 aromatic carbocycles. The Balaban J connectivity index is 1.67. The first-order chi connectivity index (χ1) is 13.3. The molecule has 0 unspecified atom stereocenters. The van der Waals surface area contributed by atoms with E-state index in [2.05, 4.69) is 15.3 Å². The highest BCUT2D eigenvalue weighted by atomic mass is 35.5. The molecule has 146 valence electrons. The van der Waals surface area contributed by atoms with Crippen molar-refractivity contribution >= 4 is 61.9 Å². The fraction of sp³-hybridized carbons (Fsp3) is 0.0625. The van der Waals surface area contributed by atoms with Gasteiger partial charge in [-0.25, -0.2) is 22.8 Å². The minimum absolute atomic E-state index is 0.0713. The smallest absolute Gasteiger partial charge is 0.234 e. The Morgan fingerprint density at radius 3 is 2.79 bits per heavy atom. The molecule has 28 heavy (non-hydrogen) atoms. The zero-order valence-corrected chi connectivity index (χ0v) is 17.1. The average molecular weight is 459 g/mol. The van der Waals surface area contributed by atoms with Crippen molar-refractivity contribution in [3.8, 4) is 0 Å². The van der Waals surface area contributed by atoms with E-state index in [0.29, 0.717) is 0 Å². The number of anilines is 2. The quantitative estimate of drug-likeness (QED) is 0.429. The van der Waals surface area contributed by atoms with Crippen LogP contribution < -0.4 is 11.1 Å². The van der Waals surface area contributed by atoms with E-state index in [0.717, 1.165) is 35.4 Å². The van der Waals surface area contributed by atoms with Gasteiger partial charge in [-0.3, -0.25) is 4.79 Å². The highest BCUT2D eigenvalue weighted by Gasteiger charge is 2.23. The topological polar surface area (TPSA) is 115 Å². The van der Waals surface area contributed by atoms with Crippen LogP contribution >= 0.6 is 34.7 Å². The van der Waals surface area contributed by atoms with Gasteiger partial charge in [-0.05, 0) is 29.6 Å². The van der Waals surface area contributed by atoms with Gasteiger partial charge in [0.25, 0.3) is 0 Å². The molecule has 0 bridgehead atoms. The molecular formula is C16H12ClFN4O3S3. The Kier molecular flexibility index (Phi) is 6.18. The van der Waals surface area contributed by atoms with E-state index in [1.165, 1.54) is 18.2 Å². The minimum Gasteiger partial charge on any atom is -0.382 e. The monoisotopic (exact) mass is 458 g/mol. The molecule has 3 aromatic rings. The largest absolute Gasteiger partial charge is 0.382 e. The number of halogens is 2. The lowest BCUT2D eigenvalue weighted by Gasteiger charge is -2.08.